The van der Waals surface area contributed by atoms with E-state index in [1.165, 1.54) is 28.7 Å². The molecule has 0 aromatic heterocycles. The van der Waals surface area contributed by atoms with Crippen molar-refractivity contribution < 1.29 is 0 Å². The van der Waals surface area contributed by atoms with Crippen molar-refractivity contribution in [3.8, 4) is 0 Å². The van der Waals surface area contributed by atoms with Gasteiger partial charge in [-0.3, -0.25) is 0 Å². The van der Waals surface area contributed by atoms with Gasteiger partial charge in [0.1, 0.15) is 0 Å². The molecule has 2 rings (SSSR count). The average Bonchev–Trinajstić information content (AvgIpc) is 2.38. The van der Waals surface area contributed by atoms with Crippen LogP contribution in [0.3, 0.4) is 0 Å². The van der Waals surface area contributed by atoms with Gasteiger partial charge in [0.05, 0.1) is 0 Å². The normalized spacial score (nSPS) is 18.4. The lowest BCUT2D eigenvalue weighted by molar-refractivity contribution is 0.392. The molecule has 14 heavy (non-hydrogen) atoms. The van der Waals surface area contributed by atoms with Crippen LogP contribution in [0.1, 0.15) is 36.1 Å². The summed E-state index contributed by atoms with van der Waals surface area (Å²) in [5.74, 6) is 0. The number of rotatable bonds is 0. The molecular formula is C13H17Cl. The van der Waals surface area contributed by atoms with Crippen molar-refractivity contribution in [3.05, 3.63) is 33.3 Å². The Labute approximate surface area is 91.3 Å². The molecule has 1 aliphatic carbocycles. The molecule has 76 valence electrons. The molecule has 0 unspecified atom stereocenters. The van der Waals surface area contributed by atoms with Gasteiger partial charge in [-0.25, -0.2) is 0 Å². The number of hydrogen-bond acceptors (Lipinski definition) is 0. The Morgan fingerprint density at radius 3 is 2.36 bits per heavy atom. The molecule has 0 nitrogen and oxygen atoms in total. The summed E-state index contributed by atoms with van der Waals surface area (Å²) in [6.07, 6.45) is 2.30. The van der Waals surface area contributed by atoms with Crippen molar-refractivity contribution in [2.24, 2.45) is 5.41 Å². The second-order valence-corrected chi connectivity index (χ2v) is 5.68. The maximum atomic E-state index is 6.27. The van der Waals surface area contributed by atoms with Crippen LogP contribution < -0.4 is 0 Å². The molecule has 1 heteroatoms. The third-order valence-electron chi connectivity index (χ3n) is 3.35. The zero-order chi connectivity index (χ0) is 10.5. The molecule has 0 atom stereocenters. The van der Waals surface area contributed by atoms with Crippen LogP contribution in [0.2, 0.25) is 5.02 Å². The quantitative estimate of drug-likeness (QED) is 0.603. The summed E-state index contributed by atoms with van der Waals surface area (Å²) in [5.41, 5.74) is 6.05. The van der Waals surface area contributed by atoms with Gasteiger partial charge in [-0.05, 0) is 60.4 Å². The Morgan fingerprint density at radius 1 is 1.14 bits per heavy atom. The van der Waals surface area contributed by atoms with E-state index in [0.717, 1.165) is 11.4 Å². The molecular weight excluding hydrogens is 192 g/mol. The minimum absolute atomic E-state index is 0.393. The molecule has 0 aliphatic heterocycles. The number of hydrogen-bond donors (Lipinski definition) is 0. The highest BCUT2D eigenvalue weighted by Gasteiger charge is 2.31. The summed E-state index contributed by atoms with van der Waals surface area (Å²) in [4.78, 5) is 0. The predicted octanol–water partition coefficient (Wildman–Crippen LogP) is 4.08. The number of benzene rings is 1. The van der Waals surface area contributed by atoms with Gasteiger partial charge in [0.15, 0.2) is 0 Å². The molecule has 0 saturated heterocycles. The second-order valence-electron chi connectivity index (χ2n) is 5.28. The van der Waals surface area contributed by atoms with Crippen LogP contribution in [0, 0.1) is 19.3 Å². The molecule has 0 heterocycles. The zero-order valence-corrected chi connectivity index (χ0v) is 10.1. The molecule has 0 spiro atoms. The summed E-state index contributed by atoms with van der Waals surface area (Å²) in [5, 5.41) is 0.966. The maximum Gasteiger partial charge on any atom is 0.0443 e. The first-order valence-corrected chi connectivity index (χ1v) is 5.56. The van der Waals surface area contributed by atoms with Crippen LogP contribution in [-0.4, -0.2) is 0 Å². The van der Waals surface area contributed by atoms with E-state index in [1.807, 2.05) is 0 Å². The van der Waals surface area contributed by atoms with Gasteiger partial charge in [0.25, 0.3) is 0 Å². The number of aryl methyl sites for hydroxylation is 1. The first-order valence-electron chi connectivity index (χ1n) is 5.18. The van der Waals surface area contributed by atoms with Gasteiger partial charge in [-0.2, -0.15) is 0 Å². The Hall–Kier alpha value is -0.490. The lowest BCUT2D eigenvalue weighted by atomic mass is 9.90. The van der Waals surface area contributed by atoms with E-state index < -0.39 is 0 Å². The van der Waals surface area contributed by atoms with Gasteiger partial charge in [-0.1, -0.05) is 25.4 Å². The standard InChI is InChI=1S/C13H17Cl/c1-8-5-12(14)11-7-13(3,4)6-10(11)9(8)2/h5H,6-7H2,1-4H3. The van der Waals surface area contributed by atoms with Gasteiger partial charge in [0, 0.05) is 5.02 Å². The zero-order valence-electron chi connectivity index (χ0n) is 9.37. The maximum absolute atomic E-state index is 6.27. The van der Waals surface area contributed by atoms with Gasteiger partial charge >= 0.3 is 0 Å². The van der Waals surface area contributed by atoms with Crippen LogP contribution in [0.15, 0.2) is 6.07 Å². The SMILES string of the molecule is Cc1cc(Cl)c2c(c1C)CC(C)(C)C2. The highest BCUT2D eigenvalue weighted by atomic mass is 35.5. The first kappa shape index (κ1) is 10.0. The van der Waals surface area contributed by atoms with E-state index in [0.29, 0.717) is 5.41 Å². The molecule has 1 aliphatic rings. The fourth-order valence-electron chi connectivity index (χ4n) is 2.44. The van der Waals surface area contributed by atoms with Gasteiger partial charge in [0.2, 0.25) is 0 Å². The lowest BCUT2D eigenvalue weighted by Gasteiger charge is -2.15. The highest BCUT2D eigenvalue weighted by Crippen LogP contribution is 2.41. The summed E-state index contributed by atoms with van der Waals surface area (Å²) in [6.45, 7) is 8.99. The molecule has 1 aromatic carbocycles. The average molecular weight is 209 g/mol. The Kier molecular flexibility index (Phi) is 2.15. The summed E-state index contributed by atoms with van der Waals surface area (Å²) >= 11 is 6.27. The van der Waals surface area contributed by atoms with Crippen LogP contribution in [0.25, 0.3) is 0 Å². The largest absolute Gasteiger partial charge is 0.0840 e. The summed E-state index contributed by atoms with van der Waals surface area (Å²) < 4.78 is 0. The highest BCUT2D eigenvalue weighted by molar-refractivity contribution is 6.31. The van der Waals surface area contributed by atoms with Crippen molar-refractivity contribution in [2.45, 2.75) is 40.5 Å². The Morgan fingerprint density at radius 2 is 1.71 bits per heavy atom. The van der Waals surface area contributed by atoms with Crippen molar-refractivity contribution in [1.29, 1.82) is 0 Å². The smallest absolute Gasteiger partial charge is 0.0443 e. The lowest BCUT2D eigenvalue weighted by Crippen LogP contribution is -2.09. The molecule has 0 N–H and O–H groups in total. The molecule has 0 radical (unpaired) electrons. The van der Waals surface area contributed by atoms with E-state index in [-0.39, 0.29) is 0 Å². The van der Waals surface area contributed by atoms with Crippen molar-refractivity contribution >= 4 is 11.6 Å². The van der Waals surface area contributed by atoms with E-state index in [4.69, 9.17) is 11.6 Å². The van der Waals surface area contributed by atoms with E-state index in [2.05, 4.69) is 33.8 Å². The van der Waals surface area contributed by atoms with Crippen LogP contribution in [-0.2, 0) is 12.8 Å². The minimum Gasteiger partial charge on any atom is -0.0840 e. The van der Waals surface area contributed by atoms with Crippen molar-refractivity contribution in [3.63, 3.8) is 0 Å². The predicted molar refractivity (Wildman–Crippen MR) is 62.1 cm³/mol. The third kappa shape index (κ3) is 1.46. The summed E-state index contributed by atoms with van der Waals surface area (Å²) in [6, 6.07) is 2.11. The molecule has 0 bridgehead atoms. The fourth-order valence-corrected chi connectivity index (χ4v) is 2.79. The van der Waals surface area contributed by atoms with E-state index >= 15 is 0 Å². The second kappa shape index (κ2) is 3.00. The van der Waals surface area contributed by atoms with E-state index in [1.54, 1.807) is 0 Å². The Bertz CT molecular complexity index is 389. The van der Waals surface area contributed by atoms with Crippen molar-refractivity contribution in [1.82, 2.24) is 0 Å². The van der Waals surface area contributed by atoms with Gasteiger partial charge < -0.3 is 0 Å². The molecule has 0 fully saturated rings. The topological polar surface area (TPSA) is 0 Å². The first-order chi connectivity index (χ1) is 6.41. The third-order valence-corrected chi connectivity index (χ3v) is 3.69. The van der Waals surface area contributed by atoms with Crippen molar-refractivity contribution in [2.75, 3.05) is 0 Å². The molecule has 1 aromatic rings. The number of halogens is 1. The number of fused-ring (bicyclic) bond motifs is 1. The fraction of sp³-hybridized carbons (Fsp3) is 0.538. The summed E-state index contributed by atoms with van der Waals surface area (Å²) in [7, 11) is 0. The molecule has 0 saturated carbocycles. The minimum atomic E-state index is 0.393. The van der Waals surface area contributed by atoms with Crippen LogP contribution >= 0.6 is 11.6 Å². The molecule has 0 amide bonds. The van der Waals surface area contributed by atoms with Gasteiger partial charge in [-0.15, -0.1) is 0 Å². The van der Waals surface area contributed by atoms with Crippen LogP contribution in [0.5, 0.6) is 0 Å². The van der Waals surface area contributed by atoms with E-state index in [9.17, 15) is 0 Å². The monoisotopic (exact) mass is 208 g/mol. The Balaban J connectivity index is 2.61. The van der Waals surface area contributed by atoms with Crippen LogP contribution in [0.4, 0.5) is 0 Å².